The monoisotopic (exact) mass is 277 g/mol. The molecule has 1 N–H and O–H groups in total. The van der Waals surface area contributed by atoms with Gasteiger partial charge in [-0.2, -0.15) is 0 Å². The molecule has 0 bridgehead atoms. The number of hydrogen-bond donors (Lipinski definition) is 1. The largest absolute Gasteiger partial charge is 0.310 e. The zero-order valence-corrected chi connectivity index (χ0v) is 12.3. The van der Waals surface area contributed by atoms with Crippen LogP contribution in [0.2, 0.25) is 0 Å². The van der Waals surface area contributed by atoms with E-state index in [-0.39, 0.29) is 11.9 Å². The fraction of sp³-hybridized carbons (Fsp3) is 0.375. The Morgan fingerprint density at radius 2 is 2.16 bits per heavy atom. The molecule has 19 heavy (non-hydrogen) atoms. The number of rotatable bonds is 6. The van der Waals surface area contributed by atoms with Gasteiger partial charge in [0.25, 0.3) is 0 Å². The molecule has 0 saturated heterocycles. The summed E-state index contributed by atoms with van der Waals surface area (Å²) in [5.74, 6) is -0.106. The van der Waals surface area contributed by atoms with Gasteiger partial charge in [-0.05, 0) is 43.0 Å². The highest BCUT2D eigenvalue weighted by Gasteiger charge is 2.16. The average molecular weight is 277 g/mol. The standard InChI is InChI=1S/C16H20FNS/c1-3-8-18-16(11-13-5-4-9-19-13)14-7-6-12(2)10-15(14)17/h4-7,9-10,16,18H,3,8,11H2,1-2H3. The number of halogens is 1. The van der Waals surface area contributed by atoms with Crippen molar-refractivity contribution in [1.29, 1.82) is 0 Å². The molecule has 0 aliphatic rings. The average Bonchev–Trinajstić information content (AvgIpc) is 2.88. The van der Waals surface area contributed by atoms with Crippen molar-refractivity contribution < 1.29 is 4.39 Å². The van der Waals surface area contributed by atoms with Gasteiger partial charge >= 0.3 is 0 Å². The van der Waals surface area contributed by atoms with Crippen LogP contribution in [0.15, 0.2) is 35.7 Å². The Hall–Kier alpha value is -1.19. The summed E-state index contributed by atoms with van der Waals surface area (Å²) in [6, 6.07) is 9.71. The van der Waals surface area contributed by atoms with Gasteiger partial charge in [0.15, 0.2) is 0 Å². The molecule has 3 heteroatoms. The predicted molar refractivity (Wildman–Crippen MR) is 80.2 cm³/mol. The van der Waals surface area contributed by atoms with Crippen molar-refractivity contribution in [1.82, 2.24) is 5.32 Å². The van der Waals surface area contributed by atoms with Crippen LogP contribution in [0, 0.1) is 12.7 Å². The summed E-state index contributed by atoms with van der Waals surface area (Å²) in [6.45, 7) is 4.95. The van der Waals surface area contributed by atoms with Gasteiger partial charge in [0.2, 0.25) is 0 Å². The Kier molecular flexibility index (Phi) is 5.11. The molecule has 0 aliphatic heterocycles. The highest BCUT2D eigenvalue weighted by molar-refractivity contribution is 7.09. The summed E-state index contributed by atoms with van der Waals surface area (Å²) in [5, 5.41) is 5.52. The van der Waals surface area contributed by atoms with E-state index >= 15 is 0 Å². The molecule has 0 spiro atoms. The van der Waals surface area contributed by atoms with E-state index in [4.69, 9.17) is 0 Å². The van der Waals surface area contributed by atoms with E-state index in [1.54, 1.807) is 17.4 Å². The van der Waals surface area contributed by atoms with Crippen LogP contribution < -0.4 is 5.32 Å². The third-order valence-corrected chi connectivity index (χ3v) is 4.06. The fourth-order valence-corrected chi connectivity index (χ4v) is 2.91. The first-order valence-corrected chi connectivity index (χ1v) is 7.60. The van der Waals surface area contributed by atoms with Crippen molar-refractivity contribution in [2.24, 2.45) is 0 Å². The van der Waals surface area contributed by atoms with Crippen molar-refractivity contribution in [2.75, 3.05) is 6.54 Å². The molecular formula is C16H20FNS. The normalized spacial score (nSPS) is 12.6. The lowest BCUT2D eigenvalue weighted by molar-refractivity contribution is 0.499. The second-order valence-corrected chi connectivity index (χ2v) is 5.85. The van der Waals surface area contributed by atoms with Gasteiger partial charge in [-0.15, -0.1) is 11.3 Å². The zero-order valence-electron chi connectivity index (χ0n) is 11.4. The Morgan fingerprint density at radius 1 is 1.32 bits per heavy atom. The topological polar surface area (TPSA) is 12.0 Å². The Bertz CT molecular complexity index is 507. The lowest BCUT2D eigenvalue weighted by Gasteiger charge is -2.19. The highest BCUT2D eigenvalue weighted by Crippen LogP contribution is 2.24. The molecule has 1 nitrogen and oxygen atoms in total. The molecule has 2 rings (SSSR count). The van der Waals surface area contributed by atoms with Gasteiger partial charge in [-0.3, -0.25) is 0 Å². The molecule has 1 aromatic heterocycles. The second kappa shape index (κ2) is 6.83. The first kappa shape index (κ1) is 14.2. The third kappa shape index (κ3) is 3.88. The minimum atomic E-state index is -0.106. The summed E-state index contributed by atoms with van der Waals surface area (Å²) in [6.07, 6.45) is 1.89. The van der Waals surface area contributed by atoms with Crippen LogP contribution in [0.4, 0.5) is 4.39 Å². The number of nitrogens with one attached hydrogen (secondary N) is 1. The van der Waals surface area contributed by atoms with E-state index in [2.05, 4.69) is 23.7 Å². The molecule has 0 amide bonds. The van der Waals surface area contributed by atoms with Crippen LogP contribution in [0.5, 0.6) is 0 Å². The molecule has 0 fully saturated rings. The van der Waals surface area contributed by atoms with Crippen molar-refractivity contribution in [3.05, 3.63) is 57.5 Å². The molecule has 0 radical (unpaired) electrons. The summed E-state index contributed by atoms with van der Waals surface area (Å²) >= 11 is 1.73. The summed E-state index contributed by atoms with van der Waals surface area (Å²) in [5.41, 5.74) is 1.74. The van der Waals surface area contributed by atoms with Crippen LogP contribution in [-0.2, 0) is 6.42 Å². The van der Waals surface area contributed by atoms with Crippen molar-refractivity contribution in [3.8, 4) is 0 Å². The summed E-state index contributed by atoms with van der Waals surface area (Å²) in [4.78, 5) is 1.29. The van der Waals surface area contributed by atoms with E-state index in [0.29, 0.717) is 0 Å². The second-order valence-electron chi connectivity index (χ2n) is 4.82. The summed E-state index contributed by atoms with van der Waals surface area (Å²) in [7, 11) is 0. The van der Waals surface area contributed by atoms with E-state index in [0.717, 1.165) is 30.5 Å². The lowest BCUT2D eigenvalue weighted by atomic mass is 10.0. The minimum Gasteiger partial charge on any atom is -0.310 e. The zero-order chi connectivity index (χ0) is 13.7. The van der Waals surface area contributed by atoms with Gasteiger partial charge in [0, 0.05) is 22.9 Å². The quantitative estimate of drug-likeness (QED) is 0.821. The molecule has 1 unspecified atom stereocenters. The smallest absolute Gasteiger partial charge is 0.128 e. The van der Waals surface area contributed by atoms with Gasteiger partial charge in [0.1, 0.15) is 5.82 Å². The molecular weight excluding hydrogens is 257 g/mol. The number of aryl methyl sites for hydroxylation is 1. The minimum absolute atomic E-state index is 0.0548. The SMILES string of the molecule is CCCNC(Cc1cccs1)c1ccc(C)cc1F. The van der Waals surface area contributed by atoms with Crippen LogP contribution >= 0.6 is 11.3 Å². The van der Waals surface area contributed by atoms with E-state index in [9.17, 15) is 4.39 Å². The Labute approximate surface area is 118 Å². The van der Waals surface area contributed by atoms with Crippen LogP contribution in [0.25, 0.3) is 0 Å². The molecule has 1 heterocycles. The maximum absolute atomic E-state index is 14.1. The van der Waals surface area contributed by atoms with Gasteiger partial charge < -0.3 is 5.32 Å². The molecule has 1 aromatic carbocycles. The number of thiophene rings is 1. The maximum Gasteiger partial charge on any atom is 0.128 e. The molecule has 0 saturated carbocycles. The molecule has 102 valence electrons. The van der Waals surface area contributed by atoms with Crippen molar-refractivity contribution in [2.45, 2.75) is 32.7 Å². The highest BCUT2D eigenvalue weighted by atomic mass is 32.1. The van der Waals surface area contributed by atoms with E-state index in [1.807, 2.05) is 25.1 Å². The van der Waals surface area contributed by atoms with Crippen LogP contribution in [-0.4, -0.2) is 6.54 Å². The number of benzene rings is 1. The van der Waals surface area contributed by atoms with Crippen LogP contribution in [0.3, 0.4) is 0 Å². The van der Waals surface area contributed by atoms with Gasteiger partial charge in [-0.1, -0.05) is 25.1 Å². The first-order chi connectivity index (χ1) is 9.20. The van der Waals surface area contributed by atoms with Gasteiger partial charge in [0.05, 0.1) is 0 Å². The van der Waals surface area contributed by atoms with Crippen molar-refractivity contribution >= 4 is 11.3 Å². The predicted octanol–water partition coefficient (Wildman–Crippen LogP) is 4.48. The molecule has 1 atom stereocenters. The summed E-state index contributed by atoms with van der Waals surface area (Å²) < 4.78 is 14.1. The number of hydrogen-bond acceptors (Lipinski definition) is 2. The fourth-order valence-electron chi connectivity index (χ4n) is 2.16. The molecule has 2 aromatic rings. The maximum atomic E-state index is 14.1. The van der Waals surface area contributed by atoms with Crippen LogP contribution in [0.1, 0.15) is 35.4 Å². The van der Waals surface area contributed by atoms with E-state index in [1.165, 1.54) is 4.88 Å². The van der Waals surface area contributed by atoms with Gasteiger partial charge in [-0.25, -0.2) is 4.39 Å². The van der Waals surface area contributed by atoms with Crippen molar-refractivity contribution in [3.63, 3.8) is 0 Å². The first-order valence-electron chi connectivity index (χ1n) is 6.72. The third-order valence-electron chi connectivity index (χ3n) is 3.16. The Morgan fingerprint density at radius 3 is 2.79 bits per heavy atom. The van der Waals surface area contributed by atoms with E-state index < -0.39 is 0 Å². The molecule has 0 aliphatic carbocycles. The Balaban J connectivity index is 2.20. The lowest BCUT2D eigenvalue weighted by Crippen LogP contribution is -2.24.